The van der Waals surface area contributed by atoms with Crippen LogP contribution in [0.5, 0.6) is 0 Å². The molecule has 2 aromatic carbocycles. The number of carboxylic acids is 1. The second-order valence-electron chi connectivity index (χ2n) is 6.83. The van der Waals surface area contributed by atoms with Crippen molar-refractivity contribution in [2.75, 3.05) is 11.9 Å². The second kappa shape index (κ2) is 9.14. The molecule has 0 radical (unpaired) electrons. The highest BCUT2D eigenvalue weighted by Crippen LogP contribution is 2.27. The van der Waals surface area contributed by atoms with Gasteiger partial charge in [0.15, 0.2) is 0 Å². The number of carbonyl (C=O) groups is 3. The molecule has 2 N–H and O–H groups in total. The quantitative estimate of drug-likeness (QED) is 0.706. The average Bonchev–Trinajstić information content (AvgIpc) is 2.82. The number of rotatable bonds is 7. The van der Waals surface area contributed by atoms with Crippen LogP contribution in [0.15, 0.2) is 59.6 Å². The van der Waals surface area contributed by atoms with Crippen molar-refractivity contribution in [3.63, 3.8) is 0 Å². The van der Waals surface area contributed by atoms with Crippen molar-refractivity contribution in [1.29, 1.82) is 0 Å². The topological polar surface area (TPSA) is 99.1 Å². The molecule has 150 valence electrons. The molecule has 1 unspecified atom stereocenters. The fraction of sp³-hybridized carbons (Fsp3) is 0.273. The molecule has 0 bridgehead atoms. The number of carbonyl (C=O) groups excluding carboxylic acids is 2. The summed E-state index contributed by atoms with van der Waals surface area (Å²) in [5.41, 5.74) is 3.02. The lowest BCUT2D eigenvalue weighted by atomic mass is 10.0. The van der Waals surface area contributed by atoms with Gasteiger partial charge in [-0.2, -0.15) is 0 Å². The number of aliphatic imine (C=N–C) groups is 1. The predicted octanol–water partition coefficient (Wildman–Crippen LogP) is 2.59. The van der Waals surface area contributed by atoms with E-state index >= 15 is 0 Å². The maximum absolute atomic E-state index is 13.0. The zero-order valence-corrected chi connectivity index (χ0v) is 16.2. The summed E-state index contributed by atoms with van der Waals surface area (Å²) >= 11 is 0. The molecule has 0 aromatic heterocycles. The van der Waals surface area contributed by atoms with Gasteiger partial charge >= 0.3 is 5.97 Å². The zero-order valence-electron chi connectivity index (χ0n) is 16.2. The van der Waals surface area contributed by atoms with Crippen LogP contribution in [0.25, 0.3) is 0 Å². The van der Waals surface area contributed by atoms with Crippen molar-refractivity contribution in [2.24, 2.45) is 4.99 Å². The summed E-state index contributed by atoms with van der Waals surface area (Å²) in [4.78, 5) is 42.0. The number of carboxylic acid groups (broad SMARTS) is 1. The van der Waals surface area contributed by atoms with E-state index in [1.165, 1.54) is 4.90 Å². The molecule has 0 spiro atoms. The number of amides is 2. The van der Waals surface area contributed by atoms with Gasteiger partial charge in [0.2, 0.25) is 12.1 Å². The number of hydrogen-bond donors (Lipinski definition) is 2. The normalized spacial score (nSPS) is 15.9. The number of benzodiazepines with no additional fused rings is 1. The SMILES string of the molecule is CN1C(=O)C(NC(=O)CCCCC(=O)O)N=C(c2ccccc2)c2ccccc21. The number of likely N-dealkylation sites (N-methyl/N-ethyl adjacent to an activating group) is 1. The third-order valence-corrected chi connectivity index (χ3v) is 4.73. The van der Waals surface area contributed by atoms with E-state index in [9.17, 15) is 14.4 Å². The van der Waals surface area contributed by atoms with Crippen molar-refractivity contribution >= 4 is 29.2 Å². The molecule has 1 aliphatic heterocycles. The first-order valence-electron chi connectivity index (χ1n) is 9.48. The molecule has 0 fully saturated rings. The van der Waals surface area contributed by atoms with Gasteiger partial charge in [0.25, 0.3) is 5.91 Å². The van der Waals surface area contributed by atoms with Crippen LogP contribution < -0.4 is 10.2 Å². The van der Waals surface area contributed by atoms with Crippen molar-refractivity contribution in [1.82, 2.24) is 5.32 Å². The molecule has 2 aromatic rings. The van der Waals surface area contributed by atoms with Gasteiger partial charge in [-0.3, -0.25) is 14.4 Å². The van der Waals surface area contributed by atoms with E-state index in [1.54, 1.807) is 7.05 Å². The predicted molar refractivity (Wildman–Crippen MR) is 110 cm³/mol. The van der Waals surface area contributed by atoms with E-state index in [0.717, 1.165) is 16.8 Å². The van der Waals surface area contributed by atoms with Gasteiger partial charge in [-0.25, -0.2) is 4.99 Å². The van der Waals surface area contributed by atoms with Crippen molar-refractivity contribution in [3.8, 4) is 0 Å². The number of nitrogens with one attached hydrogen (secondary N) is 1. The van der Waals surface area contributed by atoms with Crippen molar-refractivity contribution in [2.45, 2.75) is 31.8 Å². The third-order valence-electron chi connectivity index (χ3n) is 4.73. The lowest BCUT2D eigenvalue weighted by Gasteiger charge is -2.20. The zero-order chi connectivity index (χ0) is 20.8. The van der Waals surface area contributed by atoms with Crippen LogP contribution in [0.1, 0.15) is 36.8 Å². The van der Waals surface area contributed by atoms with E-state index in [0.29, 0.717) is 18.6 Å². The molecule has 0 saturated heterocycles. The number of nitrogens with zero attached hydrogens (tertiary/aromatic N) is 2. The molecule has 3 rings (SSSR count). The Balaban J connectivity index is 1.86. The second-order valence-corrected chi connectivity index (χ2v) is 6.83. The molecular formula is C22H23N3O4. The molecule has 2 amide bonds. The molecule has 0 aliphatic carbocycles. The summed E-state index contributed by atoms with van der Waals surface area (Å²) in [7, 11) is 1.66. The number of para-hydroxylation sites is 1. The highest BCUT2D eigenvalue weighted by molar-refractivity contribution is 6.20. The first-order valence-corrected chi connectivity index (χ1v) is 9.48. The minimum absolute atomic E-state index is 0.0179. The Hall–Kier alpha value is -3.48. The summed E-state index contributed by atoms with van der Waals surface area (Å²) in [5.74, 6) is -1.55. The largest absolute Gasteiger partial charge is 0.481 e. The Kier molecular flexibility index (Phi) is 6.39. The summed E-state index contributed by atoms with van der Waals surface area (Å²) in [6.45, 7) is 0. The van der Waals surface area contributed by atoms with Gasteiger partial charge in [-0.05, 0) is 18.9 Å². The molecule has 1 aliphatic rings. The number of aliphatic carboxylic acids is 1. The first kappa shape index (κ1) is 20.3. The maximum Gasteiger partial charge on any atom is 0.303 e. The first-order chi connectivity index (χ1) is 14.0. The van der Waals surface area contributed by atoms with E-state index < -0.39 is 12.1 Å². The Morgan fingerprint density at radius 3 is 2.41 bits per heavy atom. The van der Waals surface area contributed by atoms with Crippen LogP contribution in [0.2, 0.25) is 0 Å². The number of hydrogen-bond acceptors (Lipinski definition) is 4. The molecule has 7 nitrogen and oxygen atoms in total. The summed E-state index contributed by atoms with van der Waals surface area (Å²) in [5, 5.41) is 11.4. The molecule has 1 atom stereocenters. The van der Waals surface area contributed by atoms with Crippen LogP contribution in [-0.4, -0.2) is 41.8 Å². The highest BCUT2D eigenvalue weighted by atomic mass is 16.4. The summed E-state index contributed by atoms with van der Waals surface area (Å²) in [6.07, 6.45) is -0.0432. The van der Waals surface area contributed by atoms with Gasteiger partial charge < -0.3 is 15.3 Å². The van der Waals surface area contributed by atoms with E-state index in [1.807, 2.05) is 54.6 Å². The van der Waals surface area contributed by atoms with Crippen LogP contribution in [0.4, 0.5) is 5.69 Å². The van der Waals surface area contributed by atoms with Crippen LogP contribution in [0, 0.1) is 0 Å². The Labute approximate surface area is 169 Å². The smallest absolute Gasteiger partial charge is 0.303 e. The Morgan fingerprint density at radius 1 is 1.03 bits per heavy atom. The minimum atomic E-state index is -1.05. The van der Waals surface area contributed by atoms with Gasteiger partial charge in [0, 0.05) is 31.0 Å². The number of unbranched alkanes of at least 4 members (excludes halogenated alkanes) is 1. The highest BCUT2D eigenvalue weighted by Gasteiger charge is 2.30. The van der Waals surface area contributed by atoms with Crippen molar-refractivity contribution in [3.05, 3.63) is 65.7 Å². The van der Waals surface area contributed by atoms with E-state index in [-0.39, 0.29) is 24.7 Å². The number of fused-ring (bicyclic) bond motifs is 1. The van der Waals surface area contributed by atoms with Gasteiger partial charge in [0.1, 0.15) is 0 Å². The molecule has 1 heterocycles. The molecule has 7 heteroatoms. The fourth-order valence-corrected chi connectivity index (χ4v) is 3.23. The monoisotopic (exact) mass is 393 g/mol. The van der Waals surface area contributed by atoms with Crippen LogP contribution in [-0.2, 0) is 14.4 Å². The number of benzene rings is 2. The summed E-state index contributed by atoms with van der Waals surface area (Å²) in [6, 6.07) is 17.0. The van der Waals surface area contributed by atoms with Gasteiger partial charge in [-0.15, -0.1) is 0 Å². The third kappa shape index (κ3) is 4.87. The average molecular weight is 393 g/mol. The molecular weight excluding hydrogens is 370 g/mol. The van der Waals surface area contributed by atoms with Crippen molar-refractivity contribution < 1.29 is 19.5 Å². The standard InChI is InChI=1S/C22H23N3O4/c1-25-17-12-6-5-11-16(17)20(15-9-3-2-4-10-15)24-21(22(25)29)23-18(26)13-7-8-14-19(27)28/h2-6,9-12,21H,7-8,13-14H2,1H3,(H,23,26)(H,27,28). The maximum atomic E-state index is 13.0. The molecule has 0 saturated carbocycles. The van der Waals surface area contributed by atoms with Gasteiger partial charge in [0.05, 0.1) is 11.4 Å². The fourth-order valence-electron chi connectivity index (χ4n) is 3.23. The lowest BCUT2D eigenvalue weighted by molar-refractivity contribution is -0.137. The van der Waals surface area contributed by atoms with E-state index in [4.69, 9.17) is 5.11 Å². The van der Waals surface area contributed by atoms with E-state index in [2.05, 4.69) is 10.3 Å². The van der Waals surface area contributed by atoms with Crippen LogP contribution in [0.3, 0.4) is 0 Å². The molecule has 29 heavy (non-hydrogen) atoms. The van der Waals surface area contributed by atoms with Gasteiger partial charge in [-0.1, -0.05) is 48.5 Å². The van der Waals surface area contributed by atoms with Crippen LogP contribution >= 0.6 is 0 Å². The summed E-state index contributed by atoms with van der Waals surface area (Å²) < 4.78 is 0. The lowest BCUT2D eigenvalue weighted by Crippen LogP contribution is -2.46. The Bertz CT molecular complexity index is 940. The minimum Gasteiger partial charge on any atom is -0.481 e. The Morgan fingerprint density at radius 2 is 1.69 bits per heavy atom. The number of anilines is 1.